The molecule has 1 aliphatic heterocycles. The van der Waals surface area contributed by atoms with E-state index in [9.17, 15) is 22.0 Å². The number of hydrogen-bond donors (Lipinski definition) is 0. The van der Waals surface area contributed by atoms with Crippen molar-refractivity contribution in [2.75, 3.05) is 26.2 Å². The minimum absolute atomic E-state index is 0.0601. The molecule has 0 bridgehead atoms. The molecule has 0 spiro atoms. The molecule has 4 rings (SSSR count). The summed E-state index contributed by atoms with van der Waals surface area (Å²) >= 11 is 0. The maximum absolute atomic E-state index is 14.1. The second-order valence-corrected chi connectivity index (χ2v) is 9.73. The molecule has 3 aromatic rings. The summed E-state index contributed by atoms with van der Waals surface area (Å²) in [4.78, 5) is 13.8. The van der Waals surface area contributed by atoms with Crippen molar-refractivity contribution >= 4 is 15.9 Å². The van der Waals surface area contributed by atoms with Crippen molar-refractivity contribution in [2.45, 2.75) is 25.2 Å². The fourth-order valence-corrected chi connectivity index (χ4v) is 5.49. The molecule has 10 heteroatoms. The molecule has 2 aromatic carbocycles. The number of sulfonamides is 1. The number of nitrogens with zero attached hydrogens (tertiary/aromatic N) is 4. The Morgan fingerprint density at radius 3 is 2.18 bits per heavy atom. The van der Waals surface area contributed by atoms with Crippen LogP contribution in [-0.2, 0) is 16.4 Å². The van der Waals surface area contributed by atoms with E-state index in [1.54, 1.807) is 9.58 Å². The van der Waals surface area contributed by atoms with Crippen molar-refractivity contribution in [3.05, 3.63) is 77.1 Å². The number of aryl methyl sites for hydroxylation is 1. The lowest BCUT2D eigenvalue weighted by molar-refractivity contribution is 0.0696. The van der Waals surface area contributed by atoms with Crippen LogP contribution in [0.4, 0.5) is 8.78 Å². The van der Waals surface area contributed by atoms with Gasteiger partial charge in [-0.3, -0.25) is 4.79 Å². The first-order chi connectivity index (χ1) is 15.7. The molecule has 1 aliphatic rings. The molecule has 0 saturated carbocycles. The topological polar surface area (TPSA) is 75.5 Å². The Balaban J connectivity index is 1.52. The first kappa shape index (κ1) is 23.1. The number of amides is 1. The van der Waals surface area contributed by atoms with Crippen LogP contribution < -0.4 is 0 Å². The van der Waals surface area contributed by atoms with Gasteiger partial charge >= 0.3 is 0 Å². The minimum Gasteiger partial charge on any atom is -0.336 e. The standard InChI is InChI=1S/C23H24F2N4O3S/c1-3-21-18(15-26-29(21)17-9-7-16(2)8-10-17)23(30)27-11-13-28(14-12-27)33(31,32)22-19(24)5-4-6-20(22)25/h4-10,15H,3,11-14H2,1-2H3. The molecule has 7 nitrogen and oxygen atoms in total. The zero-order chi connectivity index (χ0) is 23.8. The number of piperazine rings is 1. The Morgan fingerprint density at radius 1 is 1.00 bits per heavy atom. The molecule has 1 fully saturated rings. The number of halogens is 2. The summed E-state index contributed by atoms with van der Waals surface area (Å²) in [5.41, 5.74) is 3.17. The molecule has 174 valence electrons. The third-order valence-electron chi connectivity index (χ3n) is 5.76. The monoisotopic (exact) mass is 474 g/mol. The highest BCUT2D eigenvalue weighted by Crippen LogP contribution is 2.24. The van der Waals surface area contributed by atoms with Crippen molar-refractivity contribution in [2.24, 2.45) is 0 Å². The van der Waals surface area contributed by atoms with Crippen LogP contribution in [0.3, 0.4) is 0 Å². The van der Waals surface area contributed by atoms with Gasteiger partial charge in [0.1, 0.15) is 11.6 Å². The van der Waals surface area contributed by atoms with Crippen LogP contribution in [0.2, 0.25) is 0 Å². The van der Waals surface area contributed by atoms with Crippen LogP contribution in [0, 0.1) is 18.6 Å². The van der Waals surface area contributed by atoms with Gasteiger partial charge in [-0.2, -0.15) is 9.40 Å². The highest BCUT2D eigenvalue weighted by Gasteiger charge is 2.35. The van der Waals surface area contributed by atoms with E-state index in [1.807, 2.05) is 38.1 Å². The quantitative estimate of drug-likeness (QED) is 0.569. The molecule has 2 heterocycles. The predicted molar refractivity (Wildman–Crippen MR) is 119 cm³/mol. The zero-order valence-corrected chi connectivity index (χ0v) is 19.1. The lowest BCUT2D eigenvalue weighted by Gasteiger charge is -2.34. The molecular formula is C23H24F2N4O3S. The van der Waals surface area contributed by atoms with Gasteiger partial charge in [0.25, 0.3) is 5.91 Å². The molecule has 33 heavy (non-hydrogen) atoms. The summed E-state index contributed by atoms with van der Waals surface area (Å²) < 4.78 is 56.4. The van der Waals surface area contributed by atoms with Crippen molar-refractivity contribution in [1.82, 2.24) is 19.0 Å². The van der Waals surface area contributed by atoms with Crippen LogP contribution in [0.15, 0.2) is 53.6 Å². The van der Waals surface area contributed by atoms with Gasteiger partial charge in [0, 0.05) is 26.2 Å². The summed E-state index contributed by atoms with van der Waals surface area (Å²) in [6.07, 6.45) is 2.11. The van der Waals surface area contributed by atoms with E-state index in [4.69, 9.17) is 0 Å². The fraction of sp³-hybridized carbons (Fsp3) is 0.304. The third-order valence-corrected chi connectivity index (χ3v) is 7.71. The molecule has 0 radical (unpaired) electrons. The largest absolute Gasteiger partial charge is 0.336 e. The highest BCUT2D eigenvalue weighted by molar-refractivity contribution is 7.89. The summed E-state index contributed by atoms with van der Waals surface area (Å²) in [5.74, 6) is -2.52. The van der Waals surface area contributed by atoms with Gasteiger partial charge in [-0.05, 0) is 37.6 Å². The van der Waals surface area contributed by atoms with E-state index in [0.29, 0.717) is 12.0 Å². The summed E-state index contributed by atoms with van der Waals surface area (Å²) in [6.45, 7) is 4.01. The van der Waals surface area contributed by atoms with Crippen LogP contribution >= 0.6 is 0 Å². The SMILES string of the molecule is CCc1c(C(=O)N2CCN(S(=O)(=O)c3c(F)cccc3F)CC2)cnn1-c1ccc(C)cc1. The first-order valence-electron chi connectivity index (χ1n) is 10.6. The van der Waals surface area contributed by atoms with Crippen molar-refractivity contribution < 1.29 is 22.0 Å². The minimum atomic E-state index is -4.36. The van der Waals surface area contributed by atoms with Crippen LogP contribution in [-0.4, -0.2) is 59.5 Å². The molecule has 1 amide bonds. The molecule has 0 aliphatic carbocycles. The van der Waals surface area contributed by atoms with E-state index in [1.165, 1.54) is 6.20 Å². The average molecular weight is 475 g/mol. The van der Waals surface area contributed by atoms with Crippen molar-refractivity contribution in [3.8, 4) is 5.69 Å². The Bertz CT molecular complexity index is 1260. The second-order valence-electron chi connectivity index (χ2n) is 7.85. The van der Waals surface area contributed by atoms with Gasteiger partial charge < -0.3 is 4.90 Å². The second kappa shape index (κ2) is 9.03. The summed E-state index contributed by atoms with van der Waals surface area (Å²) in [6, 6.07) is 10.7. The van der Waals surface area contributed by atoms with E-state index >= 15 is 0 Å². The third kappa shape index (κ3) is 4.28. The number of carbonyl (C=O) groups is 1. The fourth-order valence-electron chi connectivity index (χ4n) is 3.96. The Hall–Kier alpha value is -3.11. The summed E-state index contributed by atoms with van der Waals surface area (Å²) in [7, 11) is -4.36. The maximum Gasteiger partial charge on any atom is 0.257 e. The van der Waals surface area contributed by atoms with Gasteiger partial charge in [0.15, 0.2) is 4.90 Å². The normalized spacial score (nSPS) is 15.1. The van der Waals surface area contributed by atoms with Gasteiger partial charge in [-0.1, -0.05) is 30.7 Å². The van der Waals surface area contributed by atoms with E-state index in [-0.39, 0.29) is 32.1 Å². The molecule has 0 atom stereocenters. The van der Waals surface area contributed by atoms with Gasteiger partial charge in [0.05, 0.1) is 23.1 Å². The molecule has 0 N–H and O–H groups in total. The van der Waals surface area contributed by atoms with Gasteiger partial charge in [-0.25, -0.2) is 21.9 Å². The lowest BCUT2D eigenvalue weighted by Crippen LogP contribution is -2.50. The zero-order valence-electron chi connectivity index (χ0n) is 18.3. The first-order valence-corrected chi connectivity index (χ1v) is 12.1. The lowest BCUT2D eigenvalue weighted by atomic mass is 10.1. The Kier molecular flexibility index (Phi) is 6.31. The summed E-state index contributed by atoms with van der Waals surface area (Å²) in [5, 5.41) is 4.40. The van der Waals surface area contributed by atoms with Crippen molar-refractivity contribution in [1.29, 1.82) is 0 Å². The van der Waals surface area contributed by atoms with Crippen LogP contribution in [0.5, 0.6) is 0 Å². The number of carbonyl (C=O) groups excluding carboxylic acids is 1. The predicted octanol–water partition coefficient (Wildman–Crippen LogP) is 3.17. The smallest absolute Gasteiger partial charge is 0.257 e. The van der Waals surface area contributed by atoms with E-state index in [0.717, 1.165) is 39.4 Å². The molecule has 1 saturated heterocycles. The van der Waals surface area contributed by atoms with Crippen LogP contribution in [0.25, 0.3) is 5.69 Å². The maximum atomic E-state index is 14.1. The molecular weight excluding hydrogens is 450 g/mol. The number of rotatable bonds is 5. The van der Waals surface area contributed by atoms with Crippen molar-refractivity contribution in [3.63, 3.8) is 0 Å². The number of benzene rings is 2. The van der Waals surface area contributed by atoms with E-state index < -0.39 is 26.6 Å². The highest BCUT2D eigenvalue weighted by atomic mass is 32.2. The average Bonchev–Trinajstić information content (AvgIpc) is 3.23. The number of aromatic nitrogens is 2. The van der Waals surface area contributed by atoms with E-state index in [2.05, 4.69) is 5.10 Å². The molecule has 0 unspecified atom stereocenters. The van der Waals surface area contributed by atoms with Gasteiger partial charge in [0.2, 0.25) is 10.0 Å². The van der Waals surface area contributed by atoms with Crippen LogP contribution in [0.1, 0.15) is 28.5 Å². The van der Waals surface area contributed by atoms with Gasteiger partial charge in [-0.15, -0.1) is 0 Å². The molecule has 1 aromatic heterocycles. The number of hydrogen-bond acceptors (Lipinski definition) is 4. The Labute approximate surface area is 191 Å². The Morgan fingerprint density at radius 2 is 1.61 bits per heavy atom.